The van der Waals surface area contributed by atoms with E-state index < -0.39 is 0 Å². The second kappa shape index (κ2) is 10.1. The van der Waals surface area contributed by atoms with Crippen molar-refractivity contribution in [2.24, 2.45) is 0 Å². The van der Waals surface area contributed by atoms with Crippen LogP contribution in [0.4, 0.5) is 5.95 Å². The smallest absolute Gasteiger partial charge is 0.270 e. The Morgan fingerprint density at radius 1 is 0.931 bits per heavy atom. The quantitative estimate of drug-likeness (QED) is 0.582. The van der Waals surface area contributed by atoms with Gasteiger partial charge in [0.15, 0.2) is 0 Å². The first-order valence-corrected chi connectivity index (χ1v) is 9.30. The zero-order valence-electron chi connectivity index (χ0n) is 16.5. The van der Waals surface area contributed by atoms with Crippen molar-refractivity contribution in [3.05, 3.63) is 77.6 Å². The Kier molecular flexibility index (Phi) is 7.00. The van der Waals surface area contributed by atoms with E-state index in [1.54, 1.807) is 26.5 Å². The third-order valence-corrected chi connectivity index (χ3v) is 4.39. The number of benzene rings is 2. The minimum absolute atomic E-state index is 0.272. The van der Waals surface area contributed by atoms with Crippen LogP contribution in [0, 0.1) is 0 Å². The van der Waals surface area contributed by atoms with Gasteiger partial charge in [0, 0.05) is 24.8 Å². The van der Waals surface area contributed by atoms with Crippen molar-refractivity contribution >= 4 is 11.9 Å². The monoisotopic (exact) mass is 392 g/mol. The Labute approximate surface area is 170 Å². The first kappa shape index (κ1) is 20.1. The SMILES string of the molecule is COc1ccccc1CCNc1nccc(C(=O)NCc2ccccc2OC)n1. The highest BCUT2D eigenvalue weighted by atomic mass is 16.5. The first-order chi connectivity index (χ1) is 14.2. The number of carbonyl (C=O) groups is 1. The number of hydrogen-bond acceptors (Lipinski definition) is 6. The molecule has 150 valence electrons. The Bertz CT molecular complexity index is 962. The van der Waals surface area contributed by atoms with Crippen LogP contribution in [-0.2, 0) is 13.0 Å². The predicted octanol–water partition coefficient (Wildman–Crippen LogP) is 3.08. The van der Waals surface area contributed by atoms with Crippen LogP contribution in [0.3, 0.4) is 0 Å². The van der Waals surface area contributed by atoms with Crippen LogP contribution < -0.4 is 20.1 Å². The fourth-order valence-electron chi connectivity index (χ4n) is 2.90. The number of nitrogens with zero attached hydrogens (tertiary/aromatic N) is 2. The molecular formula is C22H24N4O3. The summed E-state index contributed by atoms with van der Waals surface area (Å²) in [5, 5.41) is 6.01. The van der Waals surface area contributed by atoms with Crippen molar-refractivity contribution in [3.63, 3.8) is 0 Å². The number of nitrogens with one attached hydrogen (secondary N) is 2. The van der Waals surface area contributed by atoms with Gasteiger partial charge in [-0.05, 0) is 30.2 Å². The van der Waals surface area contributed by atoms with Crippen molar-refractivity contribution in [2.75, 3.05) is 26.1 Å². The number of methoxy groups -OCH3 is 2. The summed E-state index contributed by atoms with van der Waals surface area (Å²) in [7, 11) is 3.26. The summed E-state index contributed by atoms with van der Waals surface area (Å²) >= 11 is 0. The maximum atomic E-state index is 12.5. The summed E-state index contributed by atoms with van der Waals surface area (Å²) in [6.45, 7) is 0.968. The van der Waals surface area contributed by atoms with E-state index in [0.29, 0.717) is 24.7 Å². The van der Waals surface area contributed by atoms with Crippen LogP contribution in [-0.4, -0.2) is 36.6 Å². The molecule has 0 aliphatic heterocycles. The van der Waals surface area contributed by atoms with Gasteiger partial charge in [-0.3, -0.25) is 4.79 Å². The third-order valence-electron chi connectivity index (χ3n) is 4.39. The fourth-order valence-corrected chi connectivity index (χ4v) is 2.90. The topological polar surface area (TPSA) is 85.4 Å². The van der Waals surface area contributed by atoms with Gasteiger partial charge in [-0.1, -0.05) is 36.4 Å². The number of ether oxygens (including phenoxy) is 2. The van der Waals surface area contributed by atoms with Gasteiger partial charge in [-0.25, -0.2) is 9.97 Å². The molecule has 1 heterocycles. The van der Waals surface area contributed by atoms with Crippen LogP contribution in [0.1, 0.15) is 21.6 Å². The van der Waals surface area contributed by atoms with Crippen molar-refractivity contribution in [1.29, 1.82) is 0 Å². The van der Waals surface area contributed by atoms with Crippen molar-refractivity contribution in [1.82, 2.24) is 15.3 Å². The van der Waals surface area contributed by atoms with Crippen LogP contribution in [0.5, 0.6) is 11.5 Å². The molecule has 0 aliphatic carbocycles. The highest BCUT2D eigenvalue weighted by Crippen LogP contribution is 2.18. The van der Waals surface area contributed by atoms with Gasteiger partial charge >= 0.3 is 0 Å². The molecule has 0 spiro atoms. The lowest BCUT2D eigenvalue weighted by Gasteiger charge is -2.10. The summed E-state index contributed by atoms with van der Waals surface area (Å²) in [5.41, 5.74) is 2.29. The average Bonchev–Trinajstić information content (AvgIpc) is 2.78. The molecule has 0 bridgehead atoms. The van der Waals surface area contributed by atoms with Gasteiger partial charge in [0.2, 0.25) is 5.95 Å². The number of anilines is 1. The van der Waals surface area contributed by atoms with E-state index in [2.05, 4.69) is 20.6 Å². The number of rotatable bonds is 9. The van der Waals surface area contributed by atoms with E-state index in [1.807, 2.05) is 48.5 Å². The zero-order chi connectivity index (χ0) is 20.5. The Balaban J connectivity index is 1.56. The average molecular weight is 392 g/mol. The van der Waals surface area contributed by atoms with E-state index in [-0.39, 0.29) is 5.91 Å². The highest BCUT2D eigenvalue weighted by Gasteiger charge is 2.10. The highest BCUT2D eigenvalue weighted by molar-refractivity contribution is 5.92. The molecule has 7 nitrogen and oxygen atoms in total. The van der Waals surface area contributed by atoms with E-state index in [1.165, 1.54) is 0 Å². The van der Waals surface area contributed by atoms with E-state index >= 15 is 0 Å². The minimum atomic E-state index is -0.272. The molecule has 0 saturated heterocycles. The molecule has 0 radical (unpaired) electrons. The Morgan fingerprint density at radius 3 is 2.31 bits per heavy atom. The lowest BCUT2D eigenvalue weighted by atomic mass is 10.1. The molecule has 1 amide bonds. The van der Waals surface area contributed by atoms with Gasteiger partial charge in [0.05, 0.1) is 14.2 Å². The summed E-state index contributed by atoms with van der Waals surface area (Å²) in [6.07, 6.45) is 2.31. The van der Waals surface area contributed by atoms with Crippen LogP contribution in [0.2, 0.25) is 0 Å². The molecule has 2 aromatic carbocycles. The maximum absolute atomic E-state index is 12.5. The summed E-state index contributed by atoms with van der Waals surface area (Å²) in [6, 6.07) is 17.0. The van der Waals surface area contributed by atoms with E-state index in [0.717, 1.165) is 29.0 Å². The Hall–Kier alpha value is -3.61. The lowest BCUT2D eigenvalue weighted by molar-refractivity contribution is 0.0945. The third kappa shape index (κ3) is 5.44. The molecule has 0 aliphatic rings. The Morgan fingerprint density at radius 2 is 1.59 bits per heavy atom. The molecule has 2 N–H and O–H groups in total. The number of hydrogen-bond donors (Lipinski definition) is 2. The molecule has 0 fully saturated rings. The van der Waals surface area contributed by atoms with Gasteiger partial charge in [0.25, 0.3) is 5.91 Å². The molecule has 0 saturated carbocycles. The second-order valence-corrected chi connectivity index (χ2v) is 6.25. The molecule has 7 heteroatoms. The van der Waals surface area contributed by atoms with Gasteiger partial charge in [-0.2, -0.15) is 0 Å². The number of carbonyl (C=O) groups excluding carboxylic acids is 1. The van der Waals surface area contributed by atoms with Crippen LogP contribution in [0.25, 0.3) is 0 Å². The molecule has 3 rings (SSSR count). The molecule has 1 aromatic heterocycles. The molecule has 0 unspecified atom stereocenters. The van der Waals surface area contributed by atoms with Crippen LogP contribution in [0.15, 0.2) is 60.8 Å². The molecule has 3 aromatic rings. The first-order valence-electron chi connectivity index (χ1n) is 9.30. The number of para-hydroxylation sites is 2. The van der Waals surface area contributed by atoms with Crippen molar-refractivity contribution < 1.29 is 14.3 Å². The standard InChI is InChI=1S/C22H24N4O3/c1-28-19-9-5-3-7-16(19)11-13-23-22-24-14-12-18(26-22)21(27)25-15-17-8-4-6-10-20(17)29-2/h3-10,12,14H,11,13,15H2,1-2H3,(H,25,27)(H,23,24,26). The lowest BCUT2D eigenvalue weighted by Crippen LogP contribution is -2.24. The van der Waals surface area contributed by atoms with E-state index in [4.69, 9.17) is 9.47 Å². The summed E-state index contributed by atoms with van der Waals surface area (Å²) < 4.78 is 10.7. The molecule has 0 atom stereocenters. The van der Waals surface area contributed by atoms with Gasteiger partial charge in [-0.15, -0.1) is 0 Å². The molecule has 29 heavy (non-hydrogen) atoms. The minimum Gasteiger partial charge on any atom is -0.496 e. The summed E-state index contributed by atoms with van der Waals surface area (Å²) in [5.74, 6) is 1.71. The fraction of sp³-hybridized carbons (Fsp3) is 0.227. The maximum Gasteiger partial charge on any atom is 0.270 e. The van der Waals surface area contributed by atoms with Gasteiger partial charge < -0.3 is 20.1 Å². The molecular weight excluding hydrogens is 368 g/mol. The normalized spacial score (nSPS) is 10.3. The largest absolute Gasteiger partial charge is 0.496 e. The van der Waals surface area contributed by atoms with Gasteiger partial charge in [0.1, 0.15) is 17.2 Å². The zero-order valence-corrected chi connectivity index (χ0v) is 16.5. The summed E-state index contributed by atoms with van der Waals surface area (Å²) in [4.78, 5) is 21.0. The van der Waals surface area contributed by atoms with Crippen LogP contribution >= 0.6 is 0 Å². The van der Waals surface area contributed by atoms with E-state index in [9.17, 15) is 4.79 Å². The number of amides is 1. The predicted molar refractivity (Wildman–Crippen MR) is 111 cm³/mol. The van der Waals surface area contributed by atoms with Crippen molar-refractivity contribution in [3.8, 4) is 11.5 Å². The number of aromatic nitrogens is 2. The van der Waals surface area contributed by atoms with Crippen molar-refractivity contribution in [2.45, 2.75) is 13.0 Å². The second-order valence-electron chi connectivity index (χ2n) is 6.25.